The van der Waals surface area contributed by atoms with E-state index in [1.807, 2.05) is 60.0 Å². The summed E-state index contributed by atoms with van der Waals surface area (Å²) in [7, 11) is 0. The topological polar surface area (TPSA) is 45.5 Å². The van der Waals surface area contributed by atoms with Crippen molar-refractivity contribution in [3.63, 3.8) is 0 Å². The number of thiazole rings is 1. The van der Waals surface area contributed by atoms with Crippen LogP contribution in [0.1, 0.15) is 5.56 Å². The fourth-order valence-corrected chi connectivity index (χ4v) is 3.26. The molecule has 0 saturated carbocycles. The Hall–Kier alpha value is -2.98. The van der Waals surface area contributed by atoms with E-state index in [2.05, 4.69) is 9.98 Å². The molecule has 1 heterocycles. The van der Waals surface area contributed by atoms with Crippen LogP contribution in [-0.2, 0) is 0 Å². The average molecular weight is 330 g/mol. The minimum atomic E-state index is 0.254. The van der Waals surface area contributed by atoms with Crippen LogP contribution in [-0.4, -0.2) is 16.3 Å². The molecule has 116 valence electrons. The van der Waals surface area contributed by atoms with E-state index in [0.29, 0.717) is 5.13 Å². The van der Waals surface area contributed by atoms with Gasteiger partial charge in [-0.15, -0.1) is 11.3 Å². The highest BCUT2D eigenvalue weighted by atomic mass is 32.1. The van der Waals surface area contributed by atoms with Crippen LogP contribution < -0.4 is 0 Å². The van der Waals surface area contributed by atoms with Crippen LogP contribution in [0.15, 0.2) is 77.1 Å². The molecule has 0 spiro atoms. The van der Waals surface area contributed by atoms with Crippen molar-refractivity contribution in [2.45, 2.75) is 0 Å². The predicted molar refractivity (Wildman–Crippen MR) is 100 cm³/mol. The van der Waals surface area contributed by atoms with Gasteiger partial charge in [-0.3, -0.25) is 0 Å². The summed E-state index contributed by atoms with van der Waals surface area (Å²) in [4.78, 5) is 9.07. The summed E-state index contributed by atoms with van der Waals surface area (Å²) in [5.74, 6) is 0.254. The molecule has 0 bridgehead atoms. The first-order valence-electron chi connectivity index (χ1n) is 7.56. The quantitative estimate of drug-likeness (QED) is 0.510. The molecule has 4 aromatic rings. The van der Waals surface area contributed by atoms with Gasteiger partial charge in [0.15, 0.2) is 0 Å². The van der Waals surface area contributed by atoms with E-state index < -0.39 is 0 Å². The molecule has 0 fully saturated rings. The number of phenols is 1. The maximum Gasteiger partial charge on any atom is 0.209 e. The molecular weight excluding hydrogens is 316 g/mol. The lowest BCUT2D eigenvalue weighted by atomic mass is 10.1. The van der Waals surface area contributed by atoms with E-state index >= 15 is 0 Å². The Morgan fingerprint density at radius 1 is 0.958 bits per heavy atom. The molecule has 0 atom stereocenters. The first kappa shape index (κ1) is 14.6. The van der Waals surface area contributed by atoms with Gasteiger partial charge < -0.3 is 5.11 Å². The van der Waals surface area contributed by atoms with Crippen LogP contribution in [0.5, 0.6) is 5.75 Å². The van der Waals surface area contributed by atoms with E-state index in [9.17, 15) is 5.11 Å². The molecule has 3 aromatic carbocycles. The molecule has 0 radical (unpaired) electrons. The van der Waals surface area contributed by atoms with Gasteiger partial charge in [0.1, 0.15) is 5.75 Å². The largest absolute Gasteiger partial charge is 0.508 e. The van der Waals surface area contributed by atoms with Crippen molar-refractivity contribution in [2.75, 3.05) is 0 Å². The highest BCUT2D eigenvalue weighted by Gasteiger charge is 2.04. The molecule has 0 amide bonds. The molecule has 3 nitrogen and oxygen atoms in total. The van der Waals surface area contributed by atoms with Crippen molar-refractivity contribution in [1.82, 2.24) is 4.98 Å². The van der Waals surface area contributed by atoms with E-state index in [4.69, 9.17) is 0 Å². The fourth-order valence-electron chi connectivity index (χ4n) is 2.59. The molecule has 0 aliphatic carbocycles. The lowest BCUT2D eigenvalue weighted by Gasteiger charge is -2.02. The highest BCUT2D eigenvalue weighted by molar-refractivity contribution is 7.13. The molecule has 4 heteroatoms. The Balaban J connectivity index is 1.67. The first-order valence-corrected chi connectivity index (χ1v) is 8.44. The van der Waals surface area contributed by atoms with Crippen LogP contribution in [0.4, 0.5) is 5.13 Å². The average Bonchev–Trinajstić information content (AvgIpc) is 3.10. The Morgan fingerprint density at radius 2 is 1.83 bits per heavy atom. The van der Waals surface area contributed by atoms with E-state index in [0.717, 1.165) is 27.6 Å². The SMILES string of the molecule is Oc1ccc2cccc(/C=N/c3nc(-c4ccccc4)cs3)c2c1. The van der Waals surface area contributed by atoms with Crippen molar-refractivity contribution in [3.05, 3.63) is 77.7 Å². The fraction of sp³-hybridized carbons (Fsp3) is 0. The van der Waals surface area contributed by atoms with E-state index in [-0.39, 0.29) is 5.75 Å². The summed E-state index contributed by atoms with van der Waals surface area (Å²) < 4.78 is 0. The van der Waals surface area contributed by atoms with Gasteiger partial charge in [-0.2, -0.15) is 0 Å². The number of aromatic nitrogens is 1. The van der Waals surface area contributed by atoms with Crippen molar-refractivity contribution < 1.29 is 5.11 Å². The van der Waals surface area contributed by atoms with E-state index in [1.165, 1.54) is 11.3 Å². The summed E-state index contributed by atoms with van der Waals surface area (Å²) in [6.45, 7) is 0. The molecule has 0 unspecified atom stereocenters. The van der Waals surface area contributed by atoms with Crippen molar-refractivity contribution in [2.24, 2.45) is 4.99 Å². The standard InChI is InChI=1S/C20H14N2OS/c23-17-10-9-14-7-4-8-16(18(14)11-17)12-21-20-22-19(13-24-20)15-5-2-1-3-6-15/h1-13,23H/b21-12+. The zero-order chi connectivity index (χ0) is 16.4. The Morgan fingerprint density at radius 3 is 2.71 bits per heavy atom. The smallest absolute Gasteiger partial charge is 0.209 e. The predicted octanol–water partition coefficient (Wildman–Crippen LogP) is 5.42. The van der Waals surface area contributed by atoms with Crippen molar-refractivity contribution in [3.8, 4) is 17.0 Å². The monoisotopic (exact) mass is 330 g/mol. The summed E-state index contributed by atoms with van der Waals surface area (Å²) in [6, 6.07) is 21.4. The van der Waals surface area contributed by atoms with Crippen LogP contribution >= 0.6 is 11.3 Å². The second-order valence-corrected chi connectivity index (χ2v) is 6.23. The molecule has 0 aliphatic heterocycles. The van der Waals surface area contributed by atoms with Gasteiger partial charge in [0.2, 0.25) is 5.13 Å². The third-order valence-corrected chi connectivity index (χ3v) is 4.52. The number of aliphatic imine (C=N–C) groups is 1. The number of rotatable bonds is 3. The normalized spacial score (nSPS) is 11.3. The second kappa shape index (κ2) is 6.26. The maximum atomic E-state index is 9.71. The number of aromatic hydroxyl groups is 1. The van der Waals surface area contributed by atoms with Crippen LogP contribution in [0.3, 0.4) is 0 Å². The van der Waals surface area contributed by atoms with Gasteiger partial charge >= 0.3 is 0 Å². The van der Waals surface area contributed by atoms with Gasteiger partial charge in [-0.25, -0.2) is 9.98 Å². The zero-order valence-corrected chi connectivity index (χ0v) is 13.6. The van der Waals surface area contributed by atoms with Crippen LogP contribution in [0.2, 0.25) is 0 Å². The van der Waals surface area contributed by atoms with Gasteiger partial charge in [0.05, 0.1) is 5.69 Å². The van der Waals surface area contributed by atoms with Gasteiger partial charge in [0.25, 0.3) is 0 Å². The van der Waals surface area contributed by atoms with Gasteiger partial charge in [0, 0.05) is 22.7 Å². The number of nitrogens with zero attached hydrogens (tertiary/aromatic N) is 2. The number of fused-ring (bicyclic) bond motifs is 1. The van der Waals surface area contributed by atoms with Gasteiger partial charge in [-0.05, 0) is 22.9 Å². The lowest BCUT2D eigenvalue weighted by molar-refractivity contribution is 0.476. The molecule has 4 rings (SSSR count). The van der Waals surface area contributed by atoms with Crippen LogP contribution in [0, 0.1) is 0 Å². The molecule has 1 N–H and O–H groups in total. The third kappa shape index (κ3) is 2.92. The minimum Gasteiger partial charge on any atom is -0.508 e. The third-order valence-electron chi connectivity index (χ3n) is 3.78. The minimum absolute atomic E-state index is 0.254. The number of hydrogen-bond acceptors (Lipinski definition) is 4. The van der Waals surface area contributed by atoms with Crippen molar-refractivity contribution in [1.29, 1.82) is 0 Å². The molecule has 0 aliphatic rings. The maximum absolute atomic E-state index is 9.71. The Kier molecular flexibility index (Phi) is 3.81. The first-order chi connectivity index (χ1) is 11.8. The summed E-state index contributed by atoms with van der Waals surface area (Å²) in [5, 5.41) is 14.5. The number of phenolic OH excluding ortho intramolecular Hbond substituents is 1. The molecule has 1 aromatic heterocycles. The Bertz CT molecular complexity index is 1020. The summed E-state index contributed by atoms with van der Waals surface area (Å²) >= 11 is 1.51. The summed E-state index contributed by atoms with van der Waals surface area (Å²) in [6.07, 6.45) is 1.80. The highest BCUT2D eigenvalue weighted by Crippen LogP contribution is 2.27. The number of hydrogen-bond donors (Lipinski definition) is 1. The lowest BCUT2D eigenvalue weighted by Crippen LogP contribution is -1.84. The molecule has 0 saturated heterocycles. The Labute approximate surface area is 143 Å². The second-order valence-electron chi connectivity index (χ2n) is 5.39. The summed E-state index contributed by atoms with van der Waals surface area (Å²) in [5.41, 5.74) is 2.98. The van der Waals surface area contributed by atoms with E-state index in [1.54, 1.807) is 18.3 Å². The zero-order valence-electron chi connectivity index (χ0n) is 12.8. The van der Waals surface area contributed by atoms with Crippen LogP contribution in [0.25, 0.3) is 22.0 Å². The molecule has 24 heavy (non-hydrogen) atoms. The van der Waals surface area contributed by atoms with Gasteiger partial charge in [-0.1, -0.05) is 54.6 Å². The number of benzene rings is 3. The molecular formula is C20H14N2OS. The van der Waals surface area contributed by atoms with Crippen molar-refractivity contribution >= 4 is 33.5 Å².